The number of hydrogen-bond donors (Lipinski definition) is 3. The molecule has 1 aliphatic rings. The van der Waals surface area contributed by atoms with Crippen LogP contribution in [0.2, 0.25) is 0 Å². The van der Waals surface area contributed by atoms with Crippen molar-refractivity contribution >= 4 is 41.8 Å². The van der Waals surface area contributed by atoms with E-state index in [0.29, 0.717) is 37.8 Å². The number of guanidine groups is 1. The summed E-state index contributed by atoms with van der Waals surface area (Å²) >= 11 is 0. The molecule has 0 aliphatic carbocycles. The predicted molar refractivity (Wildman–Crippen MR) is 111 cm³/mol. The van der Waals surface area contributed by atoms with E-state index in [-0.39, 0.29) is 35.8 Å². The third kappa shape index (κ3) is 7.63. The van der Waals surface area contributed by atoms with Gasteiger partial charge in [0, 0.05) is 45.7 Å². The molecule has 3 N–H and O–H groups in total. The Morgan fingerprint density at radius 3 is 2.77 bits per heavy atom. The Morgan fingerprint density at radius 1 is 1.31 bits per heavy atom. The zero-order valence-corrected chi connectivity index (χ0v) is 17.5. The van der Waals surface area contributed by atoms with Crippen molar-refractivity contribution in [3.05, 3.63) is 24.2 Å². The van der Waals surface area contributed by atoms with Crippen LogP contribution in [-0.4, -0.2) is 61.9 Å². The molecular formula is C17H28IN5O3. The van der Waals surface area contributed by atoms with Crippen LogP contribution in [0.5, 0.6) is 0 Å². The van der Waals surface area contributed by atoms with Gasteiger partial charge in [-0.05, 0) is 31.9 Å². The summed E-state index contributed by atoms with van der Waals surface area (Å²) in [4.78, 5) is 29.7. The number of carbonyl (C=O) groups is 2. The fraction of sp³-hybridized carbons (Fsp3) is 0.588. The monoisotopic (exact) mass is 477 g/mol. The Labute approximate surface area is 171 Å². The third-order valence-electron chi connectivity index (χ3n) is 3.82. The zero-order valence-electron chi connectivity index (χ0n) is 15.1. The molecule has 0 unspecified atom stereocenters. The largest absolute Gasteiger partial charge is 0.459 e. The topological polar surface area (TPSA) is 99.0 Å². The predicted octanol–water partition coefficient (Wildman–Crippen LogP) is 1.20. The molecule has 1 aromatic heterocycles. The van der Waals surface area contributed by atoms with Crippen molar-refractivity contribution in [2.24, 2.45) is 4.99 Å². The van der Waals surface area contributed by atoms with E-state index in [9.17, 15) is 9.59 Å². The van der Waals surface area contributed by atoms with Gasteiger partial charge < -0.3 is 25.3 Å². The molecule has 0 bridgehead atoms. The number of rotatable bonds is 9. The van der Waals surface area contributed by atoms with Crippen molar-refractivity contribution in [2.45, 2.75) is 26.2 Å². The summed E-state index contributed by atoms with van der Waals surface area (Å²) in [6.07, 6.45) is 3.96. The lowest BCUT2D eigenvalue weighted by Crippen LogP contribution is -2.41. The fourth-order valence-electron chi connectivity index (χ4n) is 2.59. The van der Waals surface area contributed by atoms with Crippen molar-refractivity contribution in [3.63, 3.8) is 0 Å². The second-order valence-electron chi connectivity index (χ2n) is 5.76. The molecule has 2 amide bonds. The summed E-state index contributed by atoms with van der Waals surface area (Å²) in [5.74, 6) is 1.03. The van der Waals surface area contributed by atoms with E-state index in [1.165, 1.54) is 6.26 Å². The molecule has 146 valence electrons. The highest BCUT2D eigenvalue weighted by atomic mass is 127. The van der Waals surface area contributed by atoms with Crippen LogP contribution in [0, 0.1) is 0 Å². The lowest BCUT2D eigenvalue weighted by molar-refractivity contribution is -0.127. The number of hydrogen-bond acceptors (Lipinski definition) is 4. The Kier molecular flexibility index (Phi) is 10.7. The molecular weight excluding hydrogens is 449 g/mol. The molecule has 1 aromatic rings. The van der Waals surface area contributed by atoms with Crippen molar-refractivity contribution < 1.29 is 14.0 Å². The molecule has 2 heterocycles. The van der Waals surface area contributed by atoms with Crippen molar-refractivity contribution in [3.8, 4) is 0 Å². The summed E-state index contributed by atoms with van der Waals surface area (Å²) in [5, 5.41) is 9.10. The summed E-state index contributed by atoms with van der Waals surface area (Å²) in [6.45, 7) is 6.07. The first-order valence-electron chi connectivity index (χ1n) is 8.82. The molecule has 1 aliphatic heterocycles. The quantitative estimate of drug-likeness (QED) is 0.215. The van der Waals surface area contributed by atoms with Crippen LogP contribution >= 0.6 is 24.0 Å². The van der Waals surface area contributed by atoms with Gasteiger partial charge in [0.1, 0.15) is 0 Å². The van der Waals surface area contributed by atoms with Gasteiger partial charge in [-0.2, -0.15) is 0 Å². The van der Waals surface area contributed by atoms with Gasteiger partial charge in [-0.25, -0.2) is 0 Å². The Hall–Kier alpha value is -1.78. The minimum atomic E-state index is -0.232. The number of nitrogens with one attached hydrogen (secondary N) is 3. The van der Waals surface area contributed by atoms with Gasteiger partial charge in [0.15, 0.2) is 11.7 Å². The summed E-state index contributed by atoms with van der Waals surface area (Å²) in [5.41, 5.74) is 0. The van der Waals surface area contributed by atoms with E-state index < -0.39 is 0 Å². The second kappa shape index (κ2) is 12.6. The van der Waals surface area contributed by atoms with E-state index in [1.807, 2.05) is 11.8 Å². The van der Waals surface area contributed by atoms with Crippen LogP contribution in [0.15, 0.2) is 27.8 Å². The first kappa shape index (κ1) is 22.3. The maximum atomic E-state index is 11.7. The average Bonchev–Trinajstić information content (AvgIpc) is 3.27. The normalized spacial score (nSPS) is 14.1. The lowest BCUT2D eigenvalue weighted by atomic mass is 10.4. The first-order chi connectivity index (χ1) is 12.2. The first-order valence-corrected chi connectivity index (χ1v) is 8.82. The molecule has 1 saturated heterocycles. The Bertz CT molecular complexity index is 577. The van der Waals surface area contributed by atoms with Gasteiger partial charge in [0.05, 0.1) is 6.26 Å². The van der Waals surface area contributed by atoms with E-state index in [0.717, 1.165) is 32.5 Å². The van der Waals surface area contributed by atoms with Gasteiger partial charge in [-0.1, -0.05) is 0 Å². The van der Waals surface area contributed by atoms with Crippen LogP contribution in [-0.2, 0) is 4.79 Å². The van der Waals surface area contributed by atoms with E-state index in [2.05, 4.69) is 20.9 Å². The molecule has 1 fully saturated rings. The van der Waals surface area contributed by atoms with Crippen molar-refractivity contribution in [2.75, 3.05) is 39.3 Å². The second-order valence-corrected chi connectivity index (χ2v) is 5.76. The smallest absolute Gasteiger partial charge is 0.287 e. The van der Waals surface area contributed by atoms with Gasteiger partial charge in [0.25, 0.3) is 5.91 Å². The molecule has 9 heteroatoms. The van der Waals surface area contributed by atoms with Gasteiger partial charge in [-0.3, -0.25) is 14.6 Å². The van der Waals surface area contributed by atoms with Crippen LogP contribution in [0.3, 0.4) is 0 Å². The van der Waals surface area contributed by atoms with Crippen LogP contribution < -0.4 is 16.0 Å². The molecule has 0 saturated carbocycles. The van der Waals surface area contributed by atoms with Gasteiger partial charge in [-0.15, -0.1) is 24.0 Å². The molecule has 0 atom stereocenters. The van der Waals surface area contributed by atoms with Crippen LogP contribution in [0.1, 0.15) is 36.7 Å². The highest BCUT2D eigenvalue weighted by Gasteiger charge is 2.18. The summed E-state index contributed by atoms with van der Waals surface area (Å²) < 4.78 is 5.03. The average molecular weight is 477 g/mol. The van der Waals surface area contributed by atoms with Crippen LogP contribution in [0.4, 0.5) is 0 Å². The van der Waals surface area contributed by atoms with Crippen molar-refractivity contribution in [1.82, 2.24) is 20.9 Å². The molecule has 0 aromatic carbocycles. The standard InChI is InChI=1S/C17H27N5O3.HI/c1-2-18-17(20-8-5-12-22-11-3-7-15(22)23)21-10-9-19-16(24)14-6-4-13-25-14;/h4,6,13H,2-3,5,7-12H2,1H3,(H,19,24)(H2,18,20,21);1H. The lowest BCUT2D eigenvalue weighted by Gasteiger charge is -2.15. The Morgan fingerprint density at radius 2 is 2.12 bits per heavy atom. The SMILES string of the molecule is CCNC(=NCCCN1CCCC1=O)NCCNC(=O)c1ccco1.I. The number of furan rings is 1. The minimum absolute atomic E-state index is 0. The van der Waals surface area contributed by atoms with Gasteiger partial charge >= 0.3 is 0 Å². The minimum Gasteiger partial charge on any atom is -0.459 e. The van der Waals surface area contributed by atoms with Crippen molar-refractivity contribution in [1.29, 1.82) is 0 Å². The van der Waals surface area contributed by atoms with Crippen LogP contribution in [0.25, 0.3) is 0 Å². The molecule has 0 radical (unpaired) electrons. The van der Waals surface area contributed by atoms with E-state index in [4.69, 9.17) is 4.42 Å². The van der Waals surface area contributed by atoms with E-state index in [1.54, 1.807) is 12.1 Å². The zero-order chi connectivity index (χ0) is 17.9. The number of nitrogens with zero attached hydrogens (tertiary/aromatic N) is 2. The number of likely N-dealkylation sites (tertiary alicyclic amines) is 1. The summed E-state index contributed by atoms with van der Waals surface area (Å²) in [6, 6.07) is 3.30. The highest BCUT2D eigenvalue weighted by Crippen LogP contribution is 2.09. The molecule has 2 rings (SSSR count). The third-order valence-corrected chi connectivity index (χ3v) is 3.82. The number of carbonyl (C=O) groups excluding carboxylic acids is 2. The fourth-order valence-corrected chi connectivity index (χ4v) is 2.59. The maximum absolute atomic E-state index is 11.7. The van der Waals surface area contributed by atoms with E-state index >= 15 is 0 Å². The Balaban J connectivity index is 0.00000338. The highest BCUT2D eigenvalue weighted by molar-refractivity contribution is 14.0. The summed E-state index contributed by atoms with van der Waals surface area (Å²) in [7, 11) is 0. The molecule has 8 nitrogen and oxygen atoms in total. The van der Waals surface area contributed by atoms with Gasteiger partial charge in [0.2, 0.25) is 5.91 Å². The maximum Gasteiger partial charge on any atom is 0.287 e. The number of aliphatic imine (C=N–C) groups is 1. The molecule has 0 spiro atoms. The number of halogens is 1. The molecule has 26 heavy (non-hydrogen) atoms. The number of amides is 2.